The third-order valence-corrected chi connectivity index (χ3v) is 15.4. The summed E-state index contributed by atoms with van der Waals surface area (Å²) in [4.78, 5) is 32.6. The van der Waals surface area contributed by atoms with Crippen LogP contribution >= 0.6 is 21.6 Å². The molecule has 0 aromatic rings. The van der Waals surface area contributed by atoms with E-state index in [0.29, 0.717) is 35.5 Å². The number of rotatable bonds is 15. The highest BCUT2D eigenvalue weighted by Crippen LogP contribution is 2.45. The monoisotopic (exact) mass is 954 g/mol. The van der Waals surface area contributed by atoms with Gasteiger partial charge in [0.15, 0.2) is 18.4 Å². The molecule has 1 aliphatic carbocycles. The van der Waals surface area contributed by atoms with Crippen molar-refractivity contribution in [1.29, 1.82) is 0 Å². The van der Waals surface area contributed by atoms with Crippen molar-refractivity contribution in [2.75, 3.05) is 58.9 Å². The van der Waals surface area contributed by atoms with E-state index in [9.17, 15) is 55.5 Å². The molecule has 23 heteroatoms. The number of nitrogens with two attached hydrogens (primary N) is 1. The van der Waals surface area contributed by atoms with Crippen LogP contribution in [-0.4, -0.2) is 183 Å². The summed E-state index contributed by atoms with van der Waals surface area (Å²) in [5, 5.41) is 99.8. The first-order chi connectivity index (χ1) is 31.2. The lowest BCUT2D eigenvalue weighted by atomic mass is 9.77. The van der Waals surface area contributed by atoms with E-state index in [1.807, 2.05) is 0 Å². The fourth-order valence-electron chi connectivity index (χ4n) is 8.88. The van der Waals surface area contributed by atoms with Crippen LogP contribution in [0.4, 0.5) is 0 Å². The molecule has 0 spiro atoms. The predicted molar refractivity (Wildman–Crippen MR) is 233 cm³/mol. The summed E-state index contributed by atoms with van der Waals surface area (Å²) in [5.41, 5.74) is 6.71. The minimum Gasteiger partial charge on any atom is -0.477 e. The zero-order valence-corrected chi connectivity index (χ0v) is 37.4. The number of aliphatic carboxylic acids is 1. The molecular weight excluding hydrogens is 895 g/mol. The maximum Gasteiger partial charge on any atom is 0.343 e. The van der Waals surface area contributed by atoms with Crippen molar-refractivity contribution < 1.29 is 84.1 Å². The standard InChI is InChI=1S/C42H59N5O16S2/c1-3-24-33-21-6-4-7-31(28(16-50)47-13-23(12-21)34(25(14-47)37(54)55)46-41(43)45-10-5-11-48)65-64-20-27-22(15-49)8-9-29(27)60-38(56)26(33)19-59-39(24)63-40-36(62-32(18-52)44-2)42(57,58)35(53)30(17-51)61-40/h3,12,14,19,22,24,27-33,35-36,39-40,44,48-53,57-58H,1,5,7-11,13,15-18,20H2,2H3,(H,54,55)(H3,43,45,46)/p+1. The van der Waals surface area contributed by atoms with Crippen LogP contribution in [0, 0.1) is 35.5 Å². The van der Waals surface area contributed by atoms with Gasteiger partial charge in [-0.1, -0.05) is 39.5 Å². The quantitative estimate of drug-likeness (QED) is 0.0109. The number of hydrogen-bond donors (Lipinski definition) is 13. The second-order valence-electron chi connectivity index (χ2n) is 16.4. The summed E-state index contributed by atoms with van der Waals surface area (Å²) >= 11 is 0. The van der Waals surface area contributed by atoms with Crippen molar-refractivity contribution in [1.82, 2.24) is 10.6 Å². The maximum absolute atomic E-state index is 14.6. The molecule has 14 unspecified atom stereocenters. The lowest BCUT2D eigenvalue weighted by Gasteiger charge is -2.48. The van der Waals surface area contributed by atoms with Crippen LogP contribution in [0.2, 0.25) is 0 Å². The molecule has 0 aromatic heterocycles. The Morgan fingerprint density at radius 1 is 1.18 bits per heavy atom. The van der Waals surface area contributed by atoms with Gasteiger partial charge in [-0.15, -0.1) is 6.58 Å². The Morgan fingerprint density at radius 2 is 1.97 bits per heavy atom. The molecule has 6 rings (SSSR count). The second kappa shape index (κ2) is 23.0. The molecule has 0 amide bonds. The number of carbonyl (C=O) groups excluding carboxylic acids is 1. The largest absolute Gasteiger partial charge is 0.477 e. The van der Waals surface area contributed by atoms with E-state index < -0.39 is 92.0 Å². The highest BCUT2D eigenvalue weighted by molar-refractivity contribution is 8.77. The molecule has 2 fully saturated rings. The van der Waals surface area contributed by atoms with Crippen molar-refractivity contribution in [3.63, 3.8) is 0 Å². The third-order valence-electron chi connectivity index (χ3n) is 12.4. The van der Waals surface area contributed by atoms with Gasteiger partial charge in [0.05, 0.1) is 48.5 Å². The number of aliphatic hydroxyl groups is 8. The number of carbonyl (C=O) groups is 2. The van der Waals surface area contributed by atoms with Crippen molar-refractivity contribution >= 4 is 39.5 Å². The number of guanidine groups is 1. The minimum absolute atomic E-state index is 0.0353. The highest BCUT2D eigenvalue weighted by atomic mass is 33.1. The van der Waals surface area contributed by atoms with E-state index in [1.165, 1.54) is 40.9 Å². The van der Waals surface area contributed by atoms with Crippen LogP contribution in [-0.2, 0) is 33.3 Å². The van der Waals surface area contributed by atoms with Crippen LogP contribution in [0.5, 0.6) is 0 Å². The van der Waals surface area contributed by atoms with Gasteiger partial charge in [-0.3, -0.25) is 15.2 Å². The number of carboxylic acid groups (broad SMARTS) is 1. The Kier molecular flexibility index (Phi) is 18.0. The van der Waals surface area contributed by atoms with Gasteiger partial charge < -0.3 is 80.7 Å². The Bertz CT molecular complexity index is 1950. The zero-order valence-electron chi connectivity index (χ0n) is 35.7. The SMILES string of the molecule is C=CC1C(OC2OC(CO)C(O)C(O)(O)C2OC(CO)NC)OC=C2C(=O)OC3CCC(CO)C3CSSC3CC#CC(=CC4=C(NC(N)=NCCCO)C(C(=O)O)=C[NH+](C4)C3CO)C21. The van der Waals surface area contributed by atoms with E-state index >= 15 is 0 Å². The Labute approximate surface area is 383 Å². The number of nitrogens with one attached hydrogen (secondary N) is 3. The summed E-state index contributed by atoms with van der Waals surface area (Å²) in [6.07, 6.45) is -3.56. The number of aliphatic hydroxyl groups excluding tert-OH is 6. The van der Waals surface area contributed by atoms with Gasteiger partial charge in [-0.2, -0.15) is 0 Å². The lowest BCUT2D eigenvalue weighted by Crippen LogP contribution is -3.14. The molecule has 1 saturated heterocycles. The van der Waals surface area contributed by atoms with E-state index in [4.69, 9.17) is 29.4 Å². The maximum atomic E-state index is 14.6. The molecule has 21 nitrogen and oxygen atoms in total. The van der Waals surface area contributed by atoms with Crippen molar-refractivity contribution in [3.8, 4) is 11.8 Å². The Balaban J connectivity index is 1.54. The molecule has 65 heavy (non-hydrogen) atoms. The van der Waals surface area contributed by atoms with Gasteiger partial charge in [-0.05, 0) is 38.3 Å². The molecule has 0 radical (unpaired) electrons. The fraction of sp³-hybridized carbons (Fsp3) is 0.643. The number of likely N-dealkylation sites (N-methyl/N-ethyl adjacent to an activating group) is 1. The van der Waals surface area contributed by atoms with Gasteiger partial charge in [-0.25, -0.2) is 9.59 Å². The molecule has 14 atom stereocenters. The van der Waals surface area contributed by atoms with Crippen LogP contribution in [0.1, 0.15) is 25.7 Å². The molecule has 5 aliphatic heterocycles. The number of hydrogen-bond acceptors (Lipinski definition) is 19. The normalized spacial score (nSPS) is 35.4. The first-order valence-electron chi connectivity index (χ1n) is 21.3. The summed E-state index contributed by atoms with van der Waals surface area (Å²) in [6, 6.07) is -0.556. The number of carboxylic acids is 1. The molecule has 5 heterocycles. The Hall–Kier alpha value is -3.55. The topological polar surface area (TPSA) is 329 Å². The van der Waals surface area contributed by atoms with Gasteiger partial charge >= 0.3 is 11.9 Å². The van der Waals surface area contributed by atoms with Gasteiger partial charge in [0, 0.05) is 54.9 Å². The van der Waals surface area contributed by atoms with Crippen LogP contribution < -0.4 is 21.3 Å². The first-order valence-corrected chi connectivity index (χ1v) is 23.7. The summed E-state index contributed by atoms with van der Waals surface area (Å²) < 4.78 is 30.3. The number of aliphatic imine (C=N–C) groups is 1. The third kappa shape index (κ3) is 11.3. The molecule has 360 valence electrons. The van der Waals surface area contributed by atoms with Crippen molar-refractivity contribution in [2.45, 2.75) is 86.0 Å². The average Bonchev–Trinajstić information content (AvgIpc) is 3.67. The highest BCUT2D eigenvalue weighted by Gasteiger charge is 2.58. The van der Waals surface area contributed by atoms with Crippen molar-refractivity contribution in [2.24, 2.45) is 34.4 Å². The number of ether oxygens (including phenoxy) is 5. The van der Waals surface area contributed by atoms with E-state index in [2.05, 4.69) is 34.0 Å². The predicted octanol–water partition coefficient (Wildman–Crippen LogP) is -3.86. The summed E-state index contributed by atoms with van der Waals surface area (Å²) in [5.74, 6) is -1.05. The van der Waals surface area contributed by atoms with E-state index in [-0.39, 0.29) is 84.8 Å². The van der Waals surface area contributed by atoms with E-state index in [1.54, 1.807) is 6.08 Å². The molecule has 0 aromatic carbocycles. The van der Waals surface area contributed by atoms with Crippen LogP contribution in [0.15, 0.2) is 64.2 Å². The molecule has 14 N–H and O–H groups in total. The number of esters is 1. The number of allylic oxidation sites excluding steroid dienone is 1. The Morgan fingerprint density at radius 3 is 2.63 bits per heavy atom. The second-order valence-corrected chi connectivity index (χ2v) is 19.1. The minimum atomic E-state index is -3.12. The number of fused-ring (bicyclic) bond motifs is 8. The smallest absolute Gasteiger partial charge is 0.343 e. The number of quaternary nitrogens is 1. The van der Waals surface area contributed by atoms with Gasteiger partial charge in [0.1, 0.15) is 48.9 Å². The van der Waals surface area contributed by atoms with Gasteiger partial charge in [0.25, 0.3) is 0 Å². The molecular formula is C42H60N5O16S2+. The molecule has 4 bridgehead atoms. The van der Waals surface area contributed by atoms with Crippen molar-refractivity contribution in [3.05, 3.63) is 59.2 Å². The average molecular weight is 955 g/mol. The molecule has 1 saturated carbocycles. The molecule has 6 aliphatic rings. The zero-order chi connectivity index (χ0) is 47.0. The summed E-state index contributed by atoms with van der Waals surface area (Å²) in [7, 11) is 4.40. The van der Waals surface area contributed by atoms with Crippen LogP contribution in [0.25, 0.3) is 0 Å². The van der Waals surface area contributed by atoms with E-state index in [0.717, 1.165) is 6.26 Å². The first kappa shape index (κ1) is 50.9. The van der Waals surface area contributed by atoms with Gasteiger partial charge in [0.2, 0.25) is 12.1 Å². The van der Waals surface area contributed by atoms with Crippen LogP contribution in [0.3, 0.4) is 0 Å². The summed E-state index contributed by atoms with van der Waals surface area (Å²) in [6.45, 7) is 2.13. The lowest BCUT2D eigenvalue weighted by molar-refractivity contribution is -0.870. The fourth-order valence-corrected chi connectivity index (χ4v) is 12.2. The number of nitrogens with zero attached hydrogens (tertiary/aromatic N) is 1.